The Balaban J connectivity index is 2.18. The van der Waals surface area contributed by atoms with E-state index in [2.05, 4.69) is 20.3 Å². The van der Waals surface area contributed by atoms with Crippen molar-refractivity contribution in [2.24, 2.45) is 12.1 Å². The van der Waals surface area contributed by atoms with Gasteiger partial charge in [-0.3, -0.25) is 0 Å². The molecule has 9 nitrogen and oxygen atoms in total. The zero-order valence-corrected chi connectivity index (χ0v) is 10.6. The Morgan fingerprint density at radius 2 is 2.22 bits per heavy atom. The van der Waals surface area contributed by atoms with Crippen LogP contribution in [0.5, 0.6) is 0 Å². The molecular formula is C8H12N6O3S. The highest BCUT2D eigenvalue weighted by Gasteiger charge is 2.26. The van der Waals surface area contributed by atoms with E-state index >= 15 is 0 Å². The molecule has 0 unspecified atom stereocenters. The minimum Gasteiger partial charge on any atom is -0.339 e. The first kappa shape index (κ1) is 12.5. The van der Waals surface area contributed by atoms with Crippen molar-refractivity contribution >= 4 is 21.8 Å². The standard InChI is InChI=1S/C8H12N6O3S/c1-6-3-14(8(15)11-10-6)12-18(16,17)7-4-13(2)5-9-7/h4-5,12H,3H2,1-2H3,(H,11,15). The lowest BCUT2D eigenvalue weighted by molar-refractivity contribution is 0.193. The minimum atomic E-state index is -3.87. The van der Waals surface area contributed by atoms with Crippen molar-refractivity contribution in [1.29, 1.82) is 0 Å². The minimum absolute atomic E-state index is 0.0812. The fraction of sp³-hybridized carbons (Fsp3) is 0.375. The van der Waals surface area contributed by atoms with E-state index in [0.29, 0.717) is 5.71 Å². The van der Waals surface area contributed by atoms with Crippen molar-refractivity contribution in [3.63, 3.8) is 0 Å². The zero-order chi connectivity index (χ0) is 13.3. The smallest absolute Gasteiger partial charge is 0.339 e. The summed E-state index contributed by atoms with van der Waals surface area (Å²) in [4.78, 5) is 17.3. The molecule has 2 heterocycles. The first-order chi connectivity index (χ1) is 8.38. The van der Waals surface area contributed by atoms with Gasteiger partial charge in [-0.15, -0.1) is 4.83 Å². The van der Waals surface area contributed by atoms with Gasteiger partial charge < -0.3 is 4.57 Å². The second-order valence-electron chi connectivity index (χ2n) is 3.82. The van der Waals surface area contributed by atoms with Crippen LogP contribution in [-0.4, -0.2) is 41.3 Å². The first-order valence-corrected chi connectivity index (χ1v) is 6.48. The maximum Gasteiger partial charge on any atom is 0.353 e. The van der Waals surface area contributed by atoms with E-state index in [1.54, 1.807) is 14.0 Å². The summed E-state index contributed by atoms with van der Waals surface area (Å²) in [6.45, 7) is 1.75. The van der Waals surface area contributed by atoms with Gasteiger partial charge in [0, 0.05) is 13.2 Å². The maximum atomic E-state index is 11.9. The number of imidazole rings is 1. The average Bonchev–Trinajstić information content (AvgIpc) is 2.71. The summed E-state index contributed by atoms with van der Waals surface area (Å²) in [5.41, 5.74) is 2.77. The van der Waals surface area contributed by atoms with Gasteiger partial charge in [0.25, 0.3) is 10.0 Å². The molecule has 2 N–H and O–H groups in total. The van der Waals surface area contributed by atoms with Crippen molar-refractivity contribution in [2.75, 3.05) is 6.54 Å². The number of aromatic nitrogens is 2. The Morgan fingerprint density at radius 3 is 2.83 bits per heavy atom. The first-order valence-electron chi connectivity index (χ1n) is 4.99. The number of hydrazine groups is 1. The highest BCUT2D eigenvalue weighted by molar-refractivity contribution is 7.89. The average molecular weight is 272 g/mol. The van der Waals surface area contributed by atoms with Gasteiger partial charge >= 0.3 is 6.03 Å². The third-order valence-electron chi connectivity index (χ3n) is 2.16. The van der Waals surface area contributed by atoms with Crippen molar-refractivity contribution in [1.82, 2.24) is 24.8 Å². The van der Waals surface area contributed by atoms with Gasteiger partial charge in [0.05, 0.1) is 18.6 Å². The van der Waals surface area contributed by atoms with Gasteiger partial charge in [0.15, 0.2) is 5.03 Å². The molecule has 0 aliphatic carbocycles. The molecular weight excluding hydrogens is 260 g/mol. The number of hydrogen-bond donors (Lipinski definition) is 2. The number of carbonyl (C=O) groups is 1. The van der Waals surface area contributed by atoms with Gasteiger partial charge in [-0.05, 0) is 6.92 Å². The summed E-state index contributed by atoms with van der Waals surface area (Å²) in [6.07, 6.45) is 2.70. The fourth-order valence-electron chi connectivity index (χ4n) is 1.33. The molecule has 0 atom stereocenters. The third kappa shape index (κ3) is 2.49. The van der Waals surface area contributed by atoms with Gasteiger partial charge in [0.1, 0.15) is 0 Å². The monoisotopic (exact) mass is 272 g/mol. The highest BCUT2D eigenvalue weighted by atomic mass is 32.2. The Labute approximate surface area is 104 Å². The zero-order valence-electron chi connectivity index (χ0n) is 9.78. The number of hydrazone groups is 1. The van der Waals surface area contributed by atoms with Gasteiger partial charge in [-0.2, -0.15) is 5.10 Å². The predicted octanol–water partition coefficient (Wildman–Crippen LogP) is -0.985. The number of aryl methyl sites for hydroxylation is 1. The van der Waals surface area contributed by atoms with E-state index in [1.165, 1.54) is 17.1 Å². The molecule has 10 heteroatoms. The molecule has 0 radical (unpaired) electrons. The van der Waals surface area contributed by atoms with Crippen molar-refractivity contribution in [3.8, 4) is 0 Å². The van der Waals surface area contributed by atoms with E-state index in [0.717, 1.165) is 5.01 Å². The van der Waals surface area contributed by atoms with E-state index < -0.39 is 16.1 Å². The van der Waals surface area contributed by atoms with E-state index in [9.17, 15) is 13.2 Å². The molecule has 1 aliphatic rings. The molecule has 0 bridgehead atoms. The van der Waals surface area contributed by atoms with Crippen LogP contribution in [0.3, 0.4) is 0 Å². The topological polar surface area (TPSA) is 109 Å². The van der Waals surface area contributed by atoms with Crippen LogP contribution in [0.1, 0.15) is 6.92 Å². The second kappa shape index (κ2) is 4.38. The molecule has 1 aliphatic heterocycles. The maximum absolute atomic E-state index is 11.9. The van der Waals surface area contributed by atoms with E-state index in [4.69, 9.17) is 0 Å². The van der Waals surface area contributed by atoms with E-state index in [-0.39, 0.29) is 11.6 Å². The Bertz CT molecular complexity index is 604. The molecule has 0 fully saturated rings. The van der Waals surface area contributed by atoms with Gasteiger partial charge in [-0.1, -0.05) is 0 Å². The third-order valence-corrected chi connectivity index (χ3v) is 3.38. The quantitative estimate of drug-likeness (QED) is 0.736. The largest absolute Gasteiger partial charge is 0.353 e. The lowest BCUT2D eigenvalue weighted by Crippen LogP contribution is -2.54. The number of rotatable bonds is 3. The van der Waals surface area contributed by atoms with Crippen LogP contribution >= 0.6 is 0 Å². The number of sulfonamides is 1. The highest BCUT2D eigenvalue weighted by Crippen LogP contribution is 2.06. The van der Waals surface area contributed by atoms with Gasteiger partial charge in [0.2, 0.25) is 0 Å². The van der Waals surface area contributed by atoms with E-state index in [1.807, 2.05) is 0 Å². The van der Waals surface area contributed by atoms with Crippen molar-refractivity contribution in [3.05, 3.63) is 12.5 Å². The number of carbonyl (C=O) groups excluding carboxylic acids is 1. The molecule has 18 heavy (non-hydrogen) atoms. The summed E-state index contributed by atoms with van der Waals surface area (Å²) < 4.78 is 25.3. The fourth-order valence-corrected chi connectivity index (χ4v) is 2.35. The van der Waals surface area contributed by atoms with Crippen LogP contribution in [0.2, 0.25) is 0 Å². The molecule has 2 amide bonds. The summed E-state index contributed by atoms with van der Waals surface area (Å²) in [7, 11) is -2.22. The molecule has 0 saturated heterocycles. The van der Waals surface area contributed by atoms with Crippen molar-refractivity contribution in [2.45, 2.75) is 11.9 Å². The number of amides is 2. The van der Waals surface area contributed by atoms with Crippen LogP contribution in [0.25, 0.3) is 0 Å². The van der Waals surface area contributed by atoms with Crippen molar-refractivity contribution < 1.29 is 13.2 Å². The summed E-state index contributed by atoms with van der Waals surface area (Å²) in [5.74, 6) is 0. The van der Waals surface area contributed by atoms with Crippen LogP contribution in [0.15, 0.2) is 22.7 Å². The van der Waals surface area contributed by atoms with Crippen LogP contribution < -0.4 is 10.3 Å². The molecule has 0 saturated carbocycles. The van der Waals surface area contributed by atoms with Crippen LogP contribution in [-0.2, 0) is 17.1 Å². The number of urea groups is 1. The molecule has 1 aromatic heterocycles. The molecule has 0 aromatic carbocycles. The SMILES string of the molecule is CC1=NNC(=O)N(NS(=O)(=O)c2cn(C)cn2)C1. The Morgan fingerprint density at radius 1 is 1.50 bits per heavy atom. The summed E-state index contributed by atoms with van der Waals surface area (Å²) >= 11 is 0. The molecule has 98 valence electrons. The number of nitrogens with zero attached hydrogens (tertiary/aromatic N) is 4. The second-order valence-corrected chi connectivity index (χ2v) is 5.43. The molecule has 0 spiro atoms. The molecule has 2 rings (SSSR count). The van der Waals surface area contributed by atoms with Gasteiger partial charge in [-0.25, -0.2) is 28.6 Å². The predicted molar refractivity (Wildman–Crippen MR) is 61.9 cm³/mol. The Kier molecular flexibility index (Phi) is 3.05. The van der Waals surface area contributed by atoms with Crippen LogP contribution in [0, 0.1) is 0 Å². The lowest BCUT2D eigenvalue weighted by Gasteiger charge is -2.24. The van der Waals surface area contributed by atoms with Crippen LogP contribution in [0.4, 0.5) is 4.79 Å². The molecule has 1 aromatic rings. The normalized spacial score (nSPS) is 16.4. The number of hydrogen-bond acceptors (Lipinski definition) is 5. The Hall–Kier alpha value is -1.94. The lowest BCUT2D eigenvalue weighted by atomic mass is 10.4. The summed E-state index contributed by atoms with van der Waals surface area (Å²) in [5, 5.41) is 4.46. The number of nitrogens with one attached hydrogen (secondary N) is 2. The summed E-state index contributed by atoms with van der Waals surface area (Å²) in [6, 6.07) is -0.639.